The minimum Gasteiger partial charge on any atom is -0.377 e. The Morgan fingerprint density at radius 1 is 1.86 bits per heavy atom. The van der Waals surface area contributed by atoms with Gasteiger partial charge >= 0.3 is 0 Å². The van der Waals surface area contributed by atoms with Crippen LogP contribution in [-0.2, 0) is 4.74 Å². The lowest BCUT2D eigenvalue weighted by atomic mass is 10.4. The first-order valence-corrected chi connectivity index (χ1v) is 2.16. The highest BCUT2D eigenvalue weighted by Crippen LogP contribution is 1.85. The lowest BCUT2D eigenvalue weighted by molar-refractivity contribution is 0.194. The fraction of sp³-hybridized carbons (Fsp3) is 0.800. The van der Waals surface area contributed by atoms with Crippen molar-refractivity contribution in [2.24, 2.45) is 0 Å². The Morgan fingerprint density at radius 2 is 2.43 bits per heavy atom. The molecule has 0 fully saturated rings. The Hall–Kier alpha value is -0.550. The maximum absolute atomic E-state index is 6.46. The first-order valence-electron chi connectivity index (χ1n) is 2.16. The van der Waals surface area contributed by atoms with Gasteiger partial charge < -0.3 is 9.58 Å². The molecule has 1 unspecified atom stereocenters. The number of rotatable bonds is 2. The Kier molecular flexibility index (Phi) is 3.35. The summed E-state index contributed by atoms with van der Waals surface area (Å²) in [6.07, 6.45) is 0. The molecule has 0 saturated heterocycles. The van der Waals surface area contributed by atoms with Gasteiger partial charge in [-0.15, -0.1) is 0 Å². The van der Waals surface area contributed by atoms with Crippen molar-refractivity contribution in [1.29, 1.82) is 0 Å². The first-order chi connectivity index (χ1) is 3.31. The molecule has 7 heavy (non-hydrogen) atoms. The van der Waals surface area contributed by atoms with E-state index >= 15 is 0 Å². The van der Waals surface area contributed by atoms with Crippen molar-refractivity contribution in [2.75, 3.05) is 13.7 Å². The molecule has 0 N–H and O–H groups in total. The zero-order chi connectivity index (χ0) is 5.70. The smallest absolute Gasteiger partial charge is 0.243 e. The van der Waals surface area contributed by atoms with Crippen molar-refractivity contribution in [3.63, 3.8) is 0 Å². The van der Waals surface area contributed by atoms with Crippen LogP contribution in [0.2, 0.25) is 0 Å². The summed E-state index contributed by atoms with van der Waals surface area (Å²) < 4.78 is 4.68. The fourth-order valence-corrected chi connectivity index (χ4v) is 0.278. The minimum absolute atomic E-state index is 0.0185. The van der Waals surface area contributed by atoms with Gasteiger partial charge in [0.15, 0.2) is 0 Å². The van der Waals surface area contributed by atoms with E-state index < -0.39 is 0 Å². The second-order valence-corrected chi connectivity index (χ2v) is 1.43. The third-order valence-electron chi connectivity index (χ3n) is 0.628. The predicted molar refractivity (Wildman–Crippen MR) is 27.9 cm³/mol. The van der Waals surface area contributed by atoms with E-state index in [9.17, 15) is 0 Å². The molecule has 0 heterocycles. The molecule has 0 bridgehead atoms. The van der Waals surface area contributed by atoms with Gasteiger partial charge in [0.05, 0.1) is 0 Å². The molecular formula is C5H9NO. The molecule has 1 atom stereocenters. The zero-order valence-electron chi connectivity index (χ0n) is 4.64. The van der Waals surface area contributed by atoms with E-state index in [1.807, 2.05) is 6.92 Å². The van der Waals surface area contributed by atoms with Crippen LogP contribution in [0.4, 0.5) is 0 Å². The minimum atomic E-state index is 0.0185. The van der Waals surface area contributed by atoms with Gasteiger partial charge in [0, 0.05) is 14.0 Å². The average molecular weight is 99.1 g/mol. The number of ether oxygens (including phenoxy) is 1. The number of hydrogen-bond donors (Lipinski definition) is 0. The van der Waals surface area contributed by atoms with Crippen LogP contribution in [0, 0.1) is 6.57 Å². The highest BCUT2D eigenvalue weighted by molar-refractivity contribution is 4.70. The maximum Gasteiger partial charge on any atom is 0.243 e. The standard InChI is InChI=1S/C5H9NO/c1-5(6-2)4-7-3/h5H,4H2,1,3H3. The van der Waals surface area contributed by atoms with E-state index in [1.165, 1.54) is 0 Å². The van der Waals surface area contributed by atoms with E-state index in [2.05, 4.69) is 9.58 Å². The van der Waals surface area contributed by atoms with Crippen molar-refractivity contribution in [3.05, 3.63) is 11.4 Å². The number of hydrogen-bond acceptors (Lipinski definition) is 1. The van der Waals surface area contributed by atoms with Gasteiger partial charge in [-0.05, 0) is 0 Å². The number of methoxy groups -OCH3 is 1. The van der Waals surface area contributed by atoms with Gasteiger partial charge in [0.25, 0.3) is 0 Å². The molecule has 0 spiro atoms. The second-order valence-electron chi connectivity index (χ2n) is 1.43. The van der Waals surface area contributed by atoms with Crippen molar-refractivity contribution >= 4 is 0 Å². The summed E-state index contributed by atoms with van der Waals surface area (Å²) in [7, 11) is 1.60. The molecule has 0 aromatic rings. The lowest BCUT2D eigenvalue weighted by Gasteiger charge is -1.92. The van der Waals surface area contributed by atoms with Gasteiger partial charge in [-0.2, -0.15) is 0 Å². The van der Waals surface area contributed by atoms with E-state index in [0.717, 1.165) is 0 Å². The molecule has 0 rings (SSSR count). The van der Waals surface area contributed by atoms with E-state index in [1.54, 1.807) is 7.11 Å². The molecule has 0 aliphatic heterocycles. The van der Waals surface area contributed by atoms with E-state index in [4.69, 9.17) is 6.57 Å². The highest BCUT2D eigenvalue weighted by Gasteiger charge is 1.98. The molecule has 0 saturated carbocycles. The SMILES string of the molecule is [C-]#[N+]C(C)COC. The Labute approximate surface area is 43.9 Å². The van der Waals surface area contributed by atoms with Crippen molar-refractivity contribution in [3.8, 4) is 0 Å². The van der Waals surface area contributed by atoms with Crippen molar-refractivity contribution < 1.29 is 4.74 Å². The molecule has 0 aromatic carbocycles. The molecule has 0 aliphatic rings. The maximum atomic E-state index is 6.46. The van der Waals surface area contributed by atoms with Crippen LogP contribution in [0.25, 0.3) is 4.85 Å². The first kappa shape index (κ1) is 6.45. The largest absolute Gasteiger partial charge is 0.377 e. The summed E-state index contributed by atoms with van der Waals surface area (Å²) in [5, 5.41) is 0. The third-order valence-corrected chi connectivity index (χ3v) is 0.628. The van der Waals surface area contributed by atoms with Crippen LogP contribution in [0.1, 0.15) is 6.92 Å². The van der Waals surface area contributed by atoms with Crippen LogP contribution in [0.5, 0.6) is 0 Å². The van der Waals surface area contributed by atoms with E-state index in [-0.39, 0.29) is 6.04 Å². The van der Waals surface area contributed by atoms with Gasteiger partial charge in [0.1, 0.15) is 6.61 Å². The normalized spacial score (nSPS) is 12.7. The van der Waals surface area contributed by atoms with Crippen LogP contribution < -0.4 is 0 Å². The van der Waals surface area contributed by atoms with Gasteiger partial charge in [-0.25, -0.2) is 6.57 Å². The van der Waals surface area contributed by atoms with E-state index in [0.29, 0.717) is 6.61 Å². The molecule has 0 radical (unpaired) electrons. The van der Waals surface area contributed by atoms with Crippen LogP contribution in [-0.4, -0.2) is 19.8 Å². The average Bonchev–Trinajstić information content (AvgIpc) is 1.68. The molecule has 40 valence electrons. The Balaban J connectivity index is 3.04. The van der Waals surface area contributed by atoms with Crippen LogP contribution >= 0.6 is 0 Å². The molecule has 2 heteroatoms. The monoisotopic (exact) mass is 99.1 g/mol. The molecule has 2 nitrogen and oxygen atoms in total. The molecule has 0 amide bonds. The Morgan fingerprint density at radius 3 is 2.57 bits per heavy atom. The summed E-state index contributed by atoms with van der Waals surface area (Å²) in [4.78, 5) is 3.20. The van der Waals surface area contributed by atoms with Gasteiger partial charge in [-0.1, -0.05) is 0 Å². The predicted octanol–water partition coefficient (Wildman–Crippen LogP) is 0.941. The molecular weight excluding hydrogens is 90.1 g/mol. The third kappa shape index (κ3) is 3.28. The topological polar surface area (TPSA) is 13.6 Å². The quantitative estimate of drug-likeness (QED) is 0.470. The summed E-state index contributed by atoms with van der Waals surface area (Å²) in [5.74, 6) is 0. The van der Waals surface area contributed by atoms with Gasteiger partial charge in [-0.3, -0.25) is 0 Å². The summed E-state index contributed by atoms with van der Waals surface area (Å²) in [6, 6.07) is 0.0185. The van der Waals surface area contributed by atoms with Crippen molar-refractivity contribution in [2.45, 2.75) is 13.0 Å². The summed E-state index contributed by atoms with van der Waals surface area (Å²) in [5.41, 5.74) is 0. The fourth-order valence-electron chi connectivity index (χ4n) is 0.278. The lowest BCUT2D eigenvalue weighted by Crippen LogP contribution is -2.03. The highest BCUT2D eigenvalue weighted by atomic mass is 16.5. The van der Waals surface area contributed by atoms with Crippen molar-refractivity contribution in [1.82, 2.24) is 0 Å². The second kappa shape index (κ2) is 3.63. The molecule has 0 aliphatic carbocycles. The van der Waals surface area contributed by atoms with Crippen LogP contribution in [0.15, 0.2) is 0 Å². The zero-order valence-corrected chi connectivity index (χ0v) is 4.64. The Bertz CT molecular complexity index is 74.6. The van der Waals surface area contributed by atoms with Gasteiger partial charge in [0.2, 0.25) is 6.04 Å². The molecule has 0 aromatic heterocycles. The summed E-state index contributed by atoms with van der Waals surface area (Å²) in [6.45, 7) is 8.83. The number of nitrogens with zero attached hydrogens (tertiary/aromatic N) is 1. The van der Waals surface area contributed by atoms with Crippen LogP contribution in [0.3, 0.4) is 0 Å². The summed E-state index contributed by atoms with van der Waals surface area (Å²) >= 11 is 0.